The first-order valence-corrected chi connectivity index (χ1v) is 9.48. The third-order valence-electron chi connectivity index (χ3n) is 3.73. The number of aromatic nitrogens is 1. The van der Waals surface area contributed by atoms with Gasteiger partial charge in [0.05, 0.1) is 12.1 Å². The van der Waals surface area contributed by atoms with Crippen LogP contribution in [0.5, 0.6) is 5.75 Å². The van der Waals surface area contributed by atoms with Gasteiger partial charge in [-0.25, -0.2) is 4.98 Å². The van der Waals surface area contributed by atoms with Crippen LogP contribution in [0.2, 0.25) is 5.02 Å². The summed E-state index contributed by atoms with van der Waals surface area (Å²) >= 11 is 7.34. The molecule has 3 aromatic rings. The molecule has 2 aromatic carbocycles. The molecule has 1 N–H and O–H groups in total. The highest BCUT2D eigenvalue weighted by atomic mass is 35.5. The standard InChI is InChI=1S/C20H19ClN2O2S/c1-14-2-4-15(5-3-14)11-22-19(24)10-17-13-26-20(23-17)12-25-18-8-6-16(21)7-9-18/h2-9,13H,10-12H2,1H3,(H,22,24). The van der Waals surface area contributed by atoms with Gasteiger partial charge >= 0.3 is 0 Å². The summed E-state index contributed by atoms with van der Waals surface area (Å²) in [6.07, 6.45) is 0.267. The van der Waals surface area contributed by atoms with Gasteiger partial charge in [0.1, 0.15) is 17.4 Å². The minimum atomic E-state index is -0.0407. The van der Waals surface area contributed by atoms with E-state index in [0.717, 1.165) is 22.0 Å². The van der Waals surface area contributed by atoms with E-state index in [0.29, 0.717) is 18.2 Å². The lowest BCUT2D eigenvalue weighted by Gasteiger charge is -2.05. The summed E-state index contributed by atoms with van der Waals surface area (Å²) in [6, 6.07) is 15.3. The first kappa shape index (κ1) is 18.4. The van der Waals surface area contributed by atoms with Crippen molar-refractivity contribution in [3.63, 3.8) is 0 Å². The fraction of sp³-hybridized carbons (Fsp3) is 0.200. The largest absolute Gasteiger partial charge is 0.486 e. The van der Waals surface area contributed by atoms with Gasteiger partial charge in [-0.1, -0.05) is 41.4 Å². The van der Waals surface area contributed by atoms with E-state index in [9.17, 15) is 4.79 Å². The van der Waals surface area contributed by atoms with Crippen LogP contribution in [0.3, 0.4) is 0 Å². The fourth-order valence-electron chi connectivity index (χ4n) is 2.31. The number of amides is 1. The minimum absolute atomic E-state index is 0.0407. The number of hydrogen-bond donors (Lipinski definition) is 1. The van der Waals surface area contributed by atoms with Crippen molar-refractivity contribution in [2.75, 3.05) is 0 Å². The molecule has 6 heteroatoms. The molecule has 0 aliphatic carbocycles. The Labute approximate surface area is 161 Å². The van der Waals surface area contributed by atoms with E-state index in [2.05, 4.69) is 10.3 Å². The molecule has 3 rings (SSSR count). The Balaban J connectivity index is 1.45. The van der Waals surface area contributed by atoms with Gasteiger partial charge in [-0.2, -0.15) is 0 Å². The van der Waals surface area contributed by atoms with Gasteiger partial charge in [-0.15, -0.1) is 11.3 Å². The van der Waals surface area contributed by atoms with E-state index < -0.39 is 0 Å². The molecule has 4 nitrogen and oxygen atoms in total. The molecule has 0 fully saturated rings. The van der Waals surface area contributed by atoms with Crippen molar-refractivity contribution in [2.24, 2.45) is 0 Å². The van der Waals surface area contributed by atoms with Gasteiger partial charge in [0.2, 0.25) is 5.91 Å². The van der Waals surface area contributed by atoms with Crippen LogP contribution in [0.4, 0.5) is 0 Å². The average molecular weight is 387 g/mol. The van der Waals surface area contributed by atoms with Gasteiger partial charge in [-0.05, 0) is 36.8 Å². The fourth-order valence-corrected chi connectivity index (χ4v) is 3.14. The van der Waals surface area contributed by atoms with E-state index in [1.54, 1.807) is 12.1 Å². The van der Waals surface area contributed by atoms with E-state index in [1.165, 1.54) is 16.9 Å². The smallest absolute Gasteiger partial charge is 0.226 e. The SMILES string of the molecule is Cc1ccc(CNC(=O)Cc2csc(COc3ccc(Cl)cc3)n2)cc1. The summed E-state index contributed by atoms with van der Waals surface area (Å²) < 4.78 is 5.67. The van der Waals surface area contributed by atoms with E-state index >= 15 is 0 Å². The summed E-state index contributed by atoms with van der Waals surface area (Å²) in [7, 11) is 0. The predicted molar refractivity (Wildman–Crippen MR) is 105 cm³/mol. The van der Waals surface area contributed by atoms with Gasteiger partial charge in [-0.3, -0.25) is 4.79 Å². The van der Waals surface area contributed by atoms with Crippen LogP contribution in [0.15, 0.2) is 53.9 Å². The number of benzene rings is 2. The van der Waals surface area contributed by atoms with Crippen LogP contribution in [0.25, 0.3) is 0 Å². The summed E-state index contributed by atoms with van der Waals surface area (Å²) in [6.45, 7) is 2.94. The number of rotatable bonds is 7. The highest BCUT2D eigenvalue weighted by Gasteiger charge is 2.08. The van der Waals surface area contributed by atoms with Crippen molar-refractivity contribution >= 4 is 28.8 Å². The molecule has 0 saturated heterocycles. The summed E-state index contributed by atoms with van der Waals surface area (Å²) in [5, 5.41) is 6.32. The van der Waals surface area contributed by atoms with Crippen LogP contribution in [-0.2, 0) is 24.4 Å². The monoisotopic (exact) mass is 386 g/mol. The first-order valence-electron chi connectivity index (χ1n) is 8.22. The first-order chi connectivity index (χ1) is 12.6. The molecule has 0 unspecified atom stereocenters. The lowest BCUT2D eigenvalue weighted by atomic mass is 10.1. The van der Waals surface area contributed by atoms with Crippen molar-refractivity contribution < 1.29 is 9.53 Å². The van der Waals surface area contributed by atoms with Crippen LogP contribution < -0.4 is 10.1 Å². The molecule has 134 valence electrons. The zero-order valence-electron chi connectivity index (χ0n) is 14.4. The third-order valence-corrected chi connectivity index (χ3v) is 4.85. The number of halogens is 1. The number of nitrogens with zero attached hydrogens (tertiary/aromatic N) is 1. The van der Waals surface area contributed by atoms with E-state index in [4.69, 9.17) is 16.3 Å². The van der Waals surface area contributed by atoms with Crippen LogP contribution in [0.1, 0.15) is 21.8 Å². The molecule has 0 radical (unpaired) electrons. The lowest BCUT2D eigenvalue weighted by Crippen LogP contribution is -2.24. The molecule has 0 atom stereocenters. The molecule has 0 spiro atoms. The summed E-state index contributed by atoms with van der Waals surface area (Å²) in [5.41, 5.74) is 3.04. The van der Waals surface area contributed by atoms with Crippen molar-refractivity contribution in [3.05, 3.63) is 80.8 Å². The van der Waals surface area contributed by atoms with Crippen molar-refractivity contribution in [3.8, 4) is 5.75 Å². The second-order valence-electron chi connectivity index (χ2n) is 5.91. The molecule has 0 aliphatic rings. The molecule has 0 bridgehead atoms. The Morgan fingerprint density at radius 3 is 2.62 bits per heavy atom. The predicted octanol–water partition coefficient (Wildman–Crippen LogP) is 4.54. The quantitative estimate of drug-likeness (QED) is 0.648. The van der Waals surface area contributed by atoms with Crippen molar-refractivity contribution in [1.82, 2.24) is 10.3 Å². The van der Waals surface area contributed by atoms with E-state index in [1.807, 2.05) is 48.7 Å². The second-order valence-corrected chi connectivity index (χ2v) is 7.29. The topological polar surface area (TPSA) is 51.2 Å². The minimum Gasteiger partial charge on any atom is -0.486 e. The third kappa shape index (κ3) is 5.58. The maximum absolute atomic E-state index is 12.1. The maximum Gasteiger partial charge on any atom is 0.226 e. The Morgan fingerprint density at radius 1 is 1.15 bits per heavy atom. The van der Waals surface area contributed by atoms with Gasteiger partial charge in [0.25, 0.3) is 0 Å². The zero-order chi connectivity index (χ0) is 18.4. The van der Waals surface area contributed by atoms with Gasteiger partial charge in [0.15, 0.2) is 0 Å². The zero-order valence-corrected chi connectivity index (χ0v) is 15.9. The molecule has 1 aromatic heterocycles. The second kappa shape index (κ2) is 8.83. The summed E-state index contributed by atoms with van der Waals surface area (Å²) in [4.78, 5) is 16.5. The molecular formula is C20H19ClN2O2S. The molecule has 1 amide bonds. The van der Waals surface area contributed by atoms with Crippen LogP contribution in [0, 0.1) is 6.92 Å². The Kier molecular flexibility index (Phi) is 6.26. The van der Waals surface area contributed by atoms with Gasteiger partial charge < -0.3 is 10.1 Å². The van der Waals surface area contributed by atoms with Crippen molar-refractivity contribution in [2.45, 2.75) is 26.5 Å². The molecule has 0 saturated carbocycles. The number of nitrogens with one attached hydrogen (secondary N) is 1. The number of hydrogen-bond acceptors (Lipinski definition) is 4. The number of carbonyl (C=O) groups is 1. The van der Waals surface area contributed by atoms with Gasteiger partial charge in [0, 0.05) is 16.9 Å². The Hall–Kier alpha value is -2.37. The van der Waals surface area contributed by atoms with Crippen molar-refractivity contribution in [1.29, 1.82) is 0 Å². The molecule has 26 heavy (non-hydrogen) atoms. The lowest BCUT2D eigenvalue weighted by molar-refractivity contribution is -0.120. The van der Waals surface area contributed by atoms with E-state index in [-0.39, 0.29) is 12.3 Å². The number of thiazole rings is 1. The molecule has 1 heterocycles. The molecular weight excluding hydrogens is 368 g/mol. The number of carbonyl (C=O) groups excluding carboxylic acids is 1. The molecule has 0 aliphatic heterocycles. The normalized spacial score (nSPS) is 10.5. The Bertz CT molecular complexity index is 860. The highest BCUT2D eigenvalue weighted by molar-refractivity contribution is 7.09. The highest BCUT2D eigenvalue weighted by Crippen LogP contribution is 2.18. The summed E-state index contributed by atoms with van der Waals surface area (Å²) in [5.74, 6) is 0.697. The Morgan fingerprint density at radius 2 is 1.88 bits per heavy atom. The number of aryl methyl sites for hydroxylation is 1. The number of ether oxygens (including phenoxy) is 1. The average Bonchev–Trinajstić information content (AvgIpc) is 3.08. The van der Waals surface area contributed by atoms with Crippen LogP contribution >= 0.6 is 22.9 Å². The van der Waals surface area contributed by atoms with Crippen LogP contribution in [-0.4, -0.2) is 10.9 Å². The maximum atomic E-state index is 12.1.